The van der Waals surface area contributed by atoms with E-state index in [0.29, 0.717) is 12.1 Å². The Morgan fingerprint density at radius 2 is 2.14 bits per heavy atom. The van der Waals surface area contributed by atoms with Crippen molar-refractivity contribution in [2.45, 2.75) is 6.54 Å². The summed E-state index contributed by atoms with van der Waals surface area (Å²) >= 11 is 1.51. The highest BCUT2D eigenvalue weighted by Crippen LogP contribution is 2.21. The normalized spacial score (nSPS) is 10.3. The van der Waals surface area contributed by atoms with Crippen LogP contribution in [0.15, 0.2) is 54.3 Å². The Morgan fingerprint density at radius 1 is 1.19 bits per heavy atom. The molecule has 5 nitrogen and oxygen atoms in total. The van der Waals surface area contributed by atoms with Crippen molar-refractivity contribution in [3.05, 3.63) is 65.6 Å². The summed E-state index contributed by atoms with van der Waals surface area (Å²) < 4.78 is 0. The number of thiazole rings is 1. The van der Waals surface area contributed by atoms with E-state index >= 15 is 0 Å². The maximum absolute atomic E-state index is 11.9. The molecule has 0 spiro atoms. The summed E-state index contributed by atoms with van der Waals surface area (Å²) in [5, 5.41) is 5.60. The molecule has 3 rings (SSSR count). The van der Waals surface area contributed by atoms with Crippen molar-refractivity contribution in [3.63, 3.8) is 0 Å². The molecular weight excluding hydrogens is 284 g/mol. The summed E-state index contributed by atoms with van der Waals surface area (Å²) in [6, 6.07) is 9.16. The lowest BCUT2D eigenvalue weighted by Gasteiger charge is -2.02. The fourth-order valence-electron chi connectivity index (χ4n) is 1.77. The molecule has 21 heavy (non-hydrogen) atoms. The molecule has 6 heteroatoms. The van der Waals surface area contributed by atoms with Gasteiger partial charge in [-0.3, -0.25) is 14.8 Å². The van der Waals surface area contributed by atoms with Gasteiger partial charge in [-0.1, -0.05) is 6.07 Å². The van der Waals surface area contributed by atoms with Crippen LogP contribution in [0.4, 0.5) is 0 Å². The van der Waals surface area contributed by atoms with E-state index < -0.39 is 0 Å². The first kappa shape index (κ1) is 13.4. The van der Waals surface area contributed by atoms with Crippen molar-refractivity contribution >= 4 is 17.2 Å². The average molecular weight is 296 g/mol. The van der Waals surface area contributed by atoms with Gasteiger partial charge in [0.05, 0.1) is 23.5 Å². The number of aromatic nitrogens is 3. The van der Waals surface area contributed by atoms with Crippen molar-refractivity contribution in [2.75, 3.05) is 0 Å². The van der Waals surface area contributed by atoms with Gasteiger partial charge in [0.25, 0.3) is 5.91 Å². The Hall–Kier alpha value is -2.60. The summed E-state index contributed by atoms with van der Waals surface area (Å²) in [5.74, 6) is -0.157. The van der Waals surface area contributed by atoms with Gasteiger partial charge in [0.2, 0.25) is 0 Å². The second-order valence-corrected chi connectivity index (χ2v) is 5.14. The molecule has 3 heterocycles. The minimum absolute atomic E-state index is 0.157. The van der Waals surface area contributed by atoms with Gasteiger partial charge < -0.3 is 5.32 Å². The van der Waals surface area contributed by atoms with Crippen LogP contribution in [-0.4, -0.2) is 20.9 Å². The predicted octanol–water partition coefficient (Wildman–Crippen LogP) is 2.53. The van der Waals surface area contributed by atoms with Gasteiger partial charge in [-0.05, 0) is 24.3 Å². The first-order valence-electron chi connectivity index (χ1n) is 6.37. The smallest absolute Gasteiger partial charge is 0.253 e. The third kappa shape index (κ3) is 3.29. The van der Waals surface area contributed by atoms with E-state index in [9.17, 15) is 4.79 Å². The summed E-state index contributed by atoms with van der Waals surface area (Å²) in [5.41, 5.74) is 2.20. The largest absolute Gasteiger partial charge is 0.346 e. The van der Waals surface area contributed by atoms with Crippen molar-refractivity contribution < 1.29 is 4.79 Å². The molecule has 0 fully saturated rings. The van der Waals surface area contributed by atoms with Crippen LogP contribution in [-0.2, 0) is 6.54 Å². The lowest BCUT2D eigenvalue weighted by Crippen LogP contribution is -2.22. The first-order chi connectivity index (χ1) is 10.3. The number of nitrogens with one attached hydrogen (secondary N) is 1. The highest BCUT2D eigenvalue weighted by atomic mass is 32.1. The lowest BCUT2D eigenvalue weighted by atomic mass is 10.2. The maximum atomic E-state index is 11.9. The number of hydrogen-bond acceptors (Lipinski definition) is 5. The van der Waals surface area contributed by atoms with Gasteiger partial charge in [0, 0.05) is 24.0 Å². The van der Waals surface area contributed by atoms with Gasteiger partial charge in [0.1, 0.15) is 5.01 Å². The zero-order valence-electron chi connectivity index (χ0n) is 11.1. The van der Waals surface area contributed by atoms with Crippen molar-refractivity contribution in [1.29, 1.82) is 0 Å². The second-order valence-electron chi connectivity index (χ2n) is 4.28. The quantitative estimate of drug-likeness (QED) is 0.803. The van der Waals surface area contributed by atoms with Crippen molar-refractivity contribution in [3.8, 4) is 10.7 Å². The third-order valence-corrected chi connectivity index (χ3v) is 3.70. The van der Waals surface area contributed by atoms with E-state index in [1.54, 1.807) is 24.5 Å². The summed E-state index contributed by atoms with van der Waals surface area (Å²) in [4.78, 5) is 24.6. The predicted molar refractivity (Wildman–Crippen MR) is 80.8 cm³/mol. The minimum atomic E-state index is -0.157. The SMILES string of the molecule is O=C(NCc1csc(-c2ccccn2)n1)c1cccnc1. The monoisotopic (exact) mass is 296 g/mol. The molecule has 0 aliphatic heterocycles. The Balaban J connectivity index is 1.64. The number of pyridine rings is 2. The van der Waals surface area contributed by atoms with Gasteiger partial charge >= 0.3 is 0 Å². The van der Waals surface area contributed by atoms with Crippen LogP contribution >= 0.6 is 11.3 Å². The summed E-state index contributed by atoms with van der Waals surface area (Å²) in [6.07, 6.45) is 4.91. The number of carbonyl (C=O) groups is 1. The minimum Gasteiger partial charge on any atom is -0.346 e. The van der Waals surface area contributed by atoms with Gasteiger partial charge in [-0.2, -0.15) is 0 Å². The van der Waals surface area contributed by atoms with E-state index in [1.165, 1.54) is 17.5 Å². The molecule has 0 bridgehead atoms. The Morgan fingerprint density at radius 3 is 2.90 bits per heavy atom. The van der Waals surface area contributed by atoms with Gasteiger partial charge in [-0.15, -0.1) is 11.3 Å². The van der Waals surface area contributed by atoms with Gasteiger partial charge in [-0.25, -0.2) is 4.98 Å². The standard InChI is InChI=1S/C15H12N4OS/c20-14(11-4-3-6-16-8-11)18-9-12-10-21-15(19-12)13-5-1-2-7-17-13/h1-8,10H,9H2,(H,18,20). The molecule has 1 N–H and O–H groups in total. The van der Waals surface area contributed by atoms with E-state index in [2.05, 4.69) is 20.3 Å². The maximum Gasteiger partial charge on any atom is 0.253 e. The number of carbonyl (C=O) groups excluding carboxylic acids is 1. The number of amides is 1. The molecule has 3 aromatic rings. The van der Waals surface area contributed by atoms with E-state index in [-0.39, 0.29) is 5.91 Å². The van der Waals surface area contributed by atoms with Crippen LogP contribution in [0.5, 0.6) is 0 Å². The molecule has 0 unspecified atom stereocenters. The van der Waals surface area contributed by atoms with Crippen LogP contribution in [0.3, 0.4) is 0 Å². The average Bonchev–Trinajstić information content (AvgIpc) is 3.03. The molecule has 0 aliphatic rings. The molecule has 0 saturated carbocycles. The molecule has 0 atom stereocenters. The Labute approximate surface area is 125 Å². The highest BCUT2D eigenvalue weighted by molar-refractivity contribution is 7.13. The van der Waals surface area contributed by atoms with E-state index in [4.69, 9.17) is 0 Å². The summed E-state index contributed by atoms with van der Waals surface area (Å²) in [7, 11) is 0. The second kappa shape index (κ2) is 6.23. The van der Waals surface area contributed by atoms with E-state index in [1.807, 2.05) is 23.6 Å². The van der Waals surface area contributed by atoms with Crippen LogP contribution in [0.2, 0.25) is 0 Å². The molecule has 1 amide bonds. The highest BCUT2D eigenvalue weighted by Gasteiger charge is 2.08. The fourth-order valence-corrected chi connectivity index (χ4v) is 2.56. The Kier molecular flexibility index (Phi) is 3.97. The molecule has 0 aliphatic carbocycles. The molecule has 0 saturated heterocycles. The van der Waals surface area contributed by atoms with Crippen LogP contribution in [0, 0.1) is 0 Å². The first-order valence-corrected chi connectivity index (χ1v) is 7.25. The van der Waals surface area contributed by atoms with Crippen molar-refractivity contribution in [2.24, 2.45) is 0 Å². The van der Waals surface area contributed by atoms with Crippen LogP contribution < -0.4 is 5.32 Å². The molecule has 0 aromatic carbocycles. The topological polar surface area (TPSA) is 67.8 Å². The van der Waals surface area contributed by atoms with E-state index in [0.717, 1.165) is 16.4 Å². The molecular formula is C15H12N4OS. The Bertz CT molecular complexity index is 728. The zero-order chi connectivity index (χ0) is 14.5. The molecule has 3 aromatic heterocycles. The third-order valence-electron chi connectivity index (χ3n) is 2.79. The number of hydrogen-bond donors (Lipinski definition) is 1. The molecule has 0 radical (unpaired) electrons. The van der Waals surface area contributed by atoms with Gasteiger partial charge in [0.15, 0.2) is 0 Å². The zero-order valence-corrected chi connectivity index (χ0v) is 11.9. The summed E-state index contributed by atoms with van der Waals surface area (Å²) in [6.45, 7) is 0.386. The van der Waals surface area contributed by atoms with Crippen LogP contribution in [0.1, 0.15) is 16.1 Å². The number of rotatable bonds is 4. The van der Waals surface area contributed by atoms with Crippen molar-refractivity contribution in [1.82, 2.24) is 20.3 Å². The van der Waals surface area contributed by atoms with Crippen LogP contribution in [0.25, 0.3) is 10.7 Å². The molecule has 104 valence electrons. The lowest BCUT2D eigenvalue weighted by molar-refractivity contribution is 0.0950. The number of nitrogens with zero attached hydrogens (tertiary/aromatic N) is 3. The fraction of sp³-hybridized carbons (Fsp3) is 0.0667.